The second kappa shape index (κ2) is 6.54. The van der Waals surface area contributed by atoms with Crippen LogP contribution in [0.4, 0.5) is 22.3 Å². The van der Waals surface area contributed by atoms with E-state index in [0.29, 0.717) is 5.65 Å². The zero-order chi connectivity index (χ0) is 16.4. The van der Waals surface area contributed by atoms with Gasteiger partial charge in [0.2, 0.25) is 0 Å². The minimum absolute atomic E-state index is 0.672. The van der Waals surface area contributed by atoms with E-state index in [1.807, 2.05) is 54.6 Å². The quantitative estimate of drug-likeness (QED) is 0.486. The number of hydrogen-bond acceptors (Lipinski definition) is 6. The van der Waals surface area contributed by atoms with Crippen molar-refractivity contribution in [3.8, 4) is 0 Å². The maximum absolute atomic E-state index is 4.53. The first kappa shape index (κ1) is 15.0. The minimum atomic E-state index is 0.672. The van der Waals surface area contributed by atoms with Crippen LogP contribution in [-0.2, 0) is 0 Å². The zero-order valence-electron chi connectivity index (χ0n) is 12.4. The van der Waals surface area contributed by atoms with E-state index in [1.165, 1.54) is 17.7 Å². The lowest BCUT2D eigenvalue weighted by Crippen LogP contribution is -1.94. The zero-order valence-corrected chi connectivity index (χ0v) is 14.8. The average Bonchev–Trinajstić information content (AvgIpc) is 2.99. The van der Waals surface area contributed by atoms with Crippen LogP contribution in [0.5, 0.6) is 0 Å². The van der Waals surface area contributed by atoms with Crippen molar-refractivity contribution in [2.45, 2.75) is 0 Å². The number of hydrogen-bond donors (Lipinski definition) is 2. The van der Waals surface area contributed by atoms with Gasteiger partial charge in [0, 0.05) is 15.8 Å². The molecule has 2 aromatic heterocycles. The van der Waals surface area contributed by atoms with Crippen LogP contribution in [0.15, 0.2) is 65.4 Å². The number of nitrogens with one attached hydrogen (secondary N) is 2. The first-order valence-electron chi connectivity index (χ1n) is 7.24. The Bertz CT molecular complexity index is 987. The van der Waals surface area contributed by atoms with Crippen molar-refractivity contribution in [3.63, 3.8) is 0 Å². The molecule has 0 aliphatic carbocycles. The summed E-state index contributed by atoms with van der Waals surface area (Å²) in [5.41, 5.74) is 2.62. The van der Waals surface area contributed by atoms with Crippen LogP contribution >= 0.6 is 27.3 Å². The maximum atomic E-state index is 4.53. The molecule has 4 rings (SSSR count). The third kappa shape index (κ3) is 3.22. The van der Waals surface area contributed by atoms with E-state index >= 15 is 0 Å². The first-order valence-corrected chi connectivity index (χ1v) is 8.85. The number of thiazole rings is 1. The van der Waals surface area contributed by atoms with Gasteiger partial charge >= 0.3 is 0 Å². The van der Waals surface area contributed by atoms with Crippen molar-refractivity contribution in [1.82, 2.24) is 15.0 Å². The summed E-state index contributed by atoms with van der Waals surface area (Å²) in [5.74, 6) is 0.747. The van der Waals surface area contributed by atoms with Gasteiger partial charge in [-0.2, -0.15) is 4.98 Å². The third-order valence-electron chi connectivity index (χ3n) is 3.30. The van der Waals surface area contributed by atoms with Gasteiger partial charge in [-0.05, 0) is 30.3 Å². The Balaban J connectivity index is 1.67. The lowest BCUT2D eigenvalue weighted by Gasteiger charge is -2.05. The predicted octanol–water partition coefficient (Wildman–Crippen LogP) is 5.34. The van der Waals surface area contributed by atoms with E-state index in [9.17, 15) is 0 Å². The summed E-state index contributed by atoms with van der Waals surface area (Å²) in [5, 5.41) is 7.41. The fourth-order valence-corrected chi connectivity index (χ4v) is 3.53. The molecule has 0 aliphatic heterocycles. The number of halogens is 1. The maximum Gasteiger partial charge on any atom is 0.189 e. The van der Waals surface area contributed by atoms with Crippen LogP contribution in [0, 0.1) is 0 Å². The van der Waals surface area contributed by atoms with Crippen molar-refractivity contribution in [2.24, 2.45) is 0 Å². The molecule has 2 N–H and O–H groups in total. The fraction of sp³-hybridized carbons (Fsp3) is 0. The van der Waals surface area contributed by atoms with E-state index < -0.39 is 0 Å². The molecule has 0 unspecified atom stereocenters. The molecule has 0 spiro atoms. The van der Waals surface area contributed by atoms with E-state index in [2.05, 4.69) is 41.5 Å². The van der Waals surface area contributed by atoms with E-state index in [4.69, 9.17) is 0 Å². The van der Waals surface area contributed by atoms with E-state index in [0.717, 1.165) is 31.5 Å². The molecule has 118 valence electrons. The molecule has 0 atom stereocenters. The SMILES string of the molecule is Brc1cccc(Nc2ncnc3nc(Nc4ccccc4)sc23)c1. The molecule has 7 heteroatoms. The van der Waals surface area contributed by atoms with Gasteiger partial charge in [0.05, 0.1) is 0 Å². The number of benzene rings is 2. The van der Waals surface area contributed by atoms with Crippen molar-refractivity contribution >= 4 is 59.9 Å². The number of rotatable bonds is 4. The summed E-state index contributed by atoms with van der Waals surface area (Å²) in [6.07, 6.45) is 1.52. The predicted molar refractivity (Wildman–Crippen MR) is 102 cm³/mol. The van der Waals surface area contributed by atoms with Gasteiger partial charge in [-0.25, -0.2) is 9.97 Å². The molecular weight excluding hydrogens is 386 g/mol. The van der Waals surface area contributed by atoms with E-state index in [1.54, 1.807) is 0 Å². The van der Waals surface area contributed by atoms with Gasteiger partial charge in [0.25, 0.3) is 0 Å². The third-order valence-corrected chi connectivity index (χ3v) is 4.76. The van der Waals surface area contributed by atoms with Gasteiger partial charge in [0.15, 0.2) is 16.6 Å². The van der Waals surface area contributed by atoms with Gasteiger partial charge in [0.1, 0.15) is 11.0 Å². The standard InChI is InChI=1S/C17H12BrN5S/c18-11-5-4-8-13(9-11)21-15-14-16(20-10-19-15)23-17(24-14)22-12-6-2-1-3-7-12/h1-10H,(H2,19,20,21,22,23). The largest absolute Gasteiger partial charge is 0.339 e. The highest BCUT2D eigenvalue weighted by atomic mass is 79.9. The molecule has 24 heavy (non-hydrogen) atoms. The monoisotopic (exact) mass is 397 g/mol. The number of nitrogens with zero attached hydrogens (tertiary/aromatic N) is 3. The number of para-hydroxylation sites is 1. The highest BCUT2D eigenvalue weighted by Gasteiger charge is 2.11. The molecule has 0 saturated carbocycles. The molecule has 0 bridgehead atoms. The Morgan fingerprint density at radius 1 is 0.875 bits per heavy atom. The molecule has 0 saturated heterocycles. The van der Waals surface area contributed by atoms with Crippen LogP contribution in [0.2, 0.25) is 0 Å². The highest BCUT2D eigenvalue weighted by Crippen LogP contribution is 2.32. The molecule has 0 aliphatic rings. The molecule has 5 nitrogen and oxygen atoms in total. The Kier molecular flexibility index (Phi) is 4.10. The molecule has 4 aromatic rings. The van der Waals surface area contributed by atoms with Crippen LogP contribution in [-0.4, -0.2) is 15.0 Å². The number of anilines is 4. The molecular formula is C17H12BrN5S. The Labute approximate surface area is 150 Å². The summed E-state index contributed by atoms with van der Waals surface area (Å²) < 4.78 is 1.92. The molecule has 2 aromatic carbocycles. The second-order valence-electron chi connectivity index (χ2n) is 5.02. The van der Waals surface area contributed by atoms with Crippen molar-refractivity contribution in [3.05, 3.63) is 65.4 Å². The van der Waals surface area contributed by atoms with Gasteiger partial charge in [-0.3, -0.25) is 0 Å². The van der Waals surface area contributed by atoms with Crippen molar-refractivity contribution in [2.75, 3.05) is 10.6 Å². The number of fused-ring (bicyclic) bond motifs is 1. The molecule has 0 fully saturated rings. The molecule has 0 amide bonds. The smallest absolute Gasteiger partial charge is 0.189 e. The van der Waals surface area contributed by atoms with Crippen LogP contribution in [0.3, 0.4) is 0 Å². The lowest BCUT2D eigenvalue weighted by atomic mass is 10.3. The average molecular weight is 398 g/mol. The topological polar surface area (TPSA) is 62.7 Å². The summed E-state index contributed by atoms with van der Waals surface area (Å²) in [4.78, 5) is 13.2. The van der Waals surface area contributed by atoms with Crippen molar-refractivity contribution in [1.29, 1.82) is 0 Å². The van der Waals surface area contributed by atoms with Gasteiger partial charge in [-0.15, -0.1) is 0 Å². The Morgan fingerprint density at radius 3 is 2.54 bits per heavy atom. The van der Waals surface area contributed by atoms with Crippen LogP contribution < -0.4 is 10.6 Å². The minimum Gasteiger partial charge on any atom is -0.339 e. The Hall–Kier alpha value is -2.51. The van der Waals surface area contributed by atoms with Crippen LogP contribution in [0.1, 0.15) is 0 Å². The summed E-state index contributed by atoms with van der Waals surface area (Å²) in [6.45, 7) is 0. The fourth-order valence-electron chi connectivity index (χ4n) is 2.24. The van der Waals surface area contributed by atoms with Gasteiger partial charge < -0.3 is 10.6 Å². The lowest BCUT2D eigenvalue weighted by molar-refractivity contribution is 1.20. The summed E-state index contributed by atoms with van der Waals surface area (Å²) >= 11 is 4.99. The first-order chi connectivity index (χ1) is 11.8. The summed E-state index contributed by atoms with van der Waals surface area (Å²) in [6, 6.07) is 17.9. The van der Waals surface area contributed by atoms with Crippen LogP contribution in [0.25, 0.3) is 10.3 Å². The summed E-state index contributed by atoms with van der Waals surface area (Å²) in [7, 11) is 0. The molecule has 0 radical (unpaired) electrons. The van der Waals surface area contributed by atoms with Gasteiger partial charge in [-0.1, -0.05) is 51.5 Å². The van der Waals surface area contributed by atoms with Crippen molar-refractivity contribution < 1.29 is 0 Å². The highest BCUT2D eigenvalue weighted by molar-refractivity contribution is 9.10. The second-order valence-corrected chi connectivity index (χ2v) is 6.94. The molecule has 2 heterocycles. The van der Waals surface area contributed by atoms with E-state index in [-0.39, 0.29) is 0 Å². The number of aromatic nitrogens is 3. The Morgan fingerprint density at radius 2 is 1.71 bits per heavy atom. The normalized spacial score (nSPS) is 10.7.